The van der Waals surface area contributed by atoms with E-state index in [0.717, 1.165) is 29.9 Å². The third kappa shape index (κ3) is 3.06. The first-order valence-electron chi connectivity index (χ1n) is 4.72. The highest BCUT2D eigenvalue weighted by Gasteiger charge is 2.01. The molecule has 1 rings (SSSR count). The van der Waals surface area contributed by atoms with Crippen molar-refractivity contribution in [3.63, 3.8) is 0 Å². The van der Waals surface area contributed by atoms with E-state index in [-0.39, 0.29) is 0 Å². The van der Waals surface area contributed by atoms with Crippen LogP contribution in [-0.2, 0) is 23.8 Å². The molecular formula is C9H16N2OS2. The Labute approximate surface area is 92.0 Å². The molecule has 1 N–H and O–H groups in total. The number of H-pyrrole nitrogens is 1. The second kappa shape index (κ2) is 5.46. The van der Waals surface area contributed by atoms with Crippen LogP contribution < -0.4 is 0 Å². The quantitative estimate of drug-likeness (QED) is 0.787. The monoisotopic (exact) mass is 232 g/mol. The van der Waals surface area contributed by atoms with Gasteiger partial charge in [0.25, 0.3) is 0 Å². The van der Waals surface area contributed by atoms with E-state index in [1.54, 1.807) is 6.26 Å². The second-order valence-corrected chi connectivity index (χ2v) is 5.16. The van der Waals surface area contributed by atoms with Gasteiger partial charge in [-0.2, -0.15) is 0 Å². The van der Waals surface area contributed by atoms with Gasteiger partial charge >= 0.3 is 0 Å². The molecule has 0 bridgehead atoms. The van der Waals surface area contributed by atoms with Crippen LogP contribution in [0.3, 0.4) is 0 Å². The molecule has 0 aromatic carbocycles. The Kier molecular flexibility index (Phi) is 4.54. The van der Waals surface area contributed by atoms with Crippen molar-refractivity contribution in [2.75, 3.05) is 12.0 Å². The van der Waals surface area contributed by atoms with Gasteiger partial charge in [-0.1, -0.05) is 6.92 Å². The summed E-state index contributed by atoms with van der Waals surface area (Å²) >= 11 is 5.15. The molecule has 1 heterocycles. The second-order valence-electron chi connectivity index (χ2n) is 3.22. The number of hydrogen-bond acceptors (Lipinski definition) is 2. The number of aromatic nitrogens is 2. The van der Waals surface area contributed by atoms with Crippen LogP contribution in [0.25, 0.3) is 0 Å². The molecule has 0 spiro atoms. The fraction of sp³-hybridized carbons (Fsp3) is 0.667. The highest BCUT2D eigenvalue weighted by atomic mass is 32.2. The fourth-order valence-corrected chi connectivity index (χ4v) is 2.20. The van der Waals surface area contributed by atoms with Crippen molar-refractivity contribution in [2.45, 2.75) is 26.3 Å². The van der Waals surface area contributed by atoms with Crippen LogP contribution in [0.2, 0.25) is 0 Å². The number of imidazole rings is 1. The summed E-state index contributed by atoms with van der Waals surface area (Å²) in [5.74, 6) is 0.746. The lowest BCUT2D eigenvalue weighted by Gasteiger charge is -2.05. The Morgan fingerprint density at radius 2 is 2.36 bits per heavy atom. The van der Waals surface area contributed by atoms with E-state index in [1.165, 1.54) is 5.69 Å². The molecule has 14 heavy (non-hydrogen) atoms. The van der Waals surface area contributed by atoms with Gasteiger partial charge in [0.2, 0.25) is 0 Å². The molecule has 0 aliphatic heterocycles. The van der Waals surface area contributed by atoms with Gasteiger partial charge in [-0.3, -0.25) is 4.21 Å². The van der Waals surface area contributed by atoms with Crippen LogP contribution in [0.5, 0.6) is 0 Å². The predicted molar refractivity (Wildman–Crippen MR) is 62.5 cm³/mol. The average molecular weight is 232 g/mol. The van der Waals surface area contributed by atoms with Gasteiger partial charge in [0.1, 0.15) is 0 Å². The number of nitrogens with zero attached hydrogens (tertiary/aromatic N) is 1. The summed E-state index contributed by atoms with van der Waals surface area (Å²) < 4.78 is 13.7. The van der Waals surface area contributed by atoms with Gasteiger partial charge in [0.15, 0.2) is 4.77 Å². The van der Waals surface area contributed by atoms with Gasteiger partial charge in [-0.15, -0.1) is 0 Å². The SMILES string of the molecule is CCc1c[nH]c(=S)n1CCCS(C)=O. The molecule has 80 valence electrons. The lowest BCUT2D eigenvalue weighted by molar-refractivity contribution is 0.636. The first kappa shape index (κ1) is 11.7. The Bertz CT molecular complexity index is 367. The molecule has 1 atom stereocenters. The average Bonchev–Trinajstić information content (AvgIpc) is 2.47. The van der Waals surface area contributed by atoms with E-state index in [1.807, 2.05) is 6.20 Å². The number of aryl methyl sites for hydroxylation is 1. The van der Waals surface area contributed by atoms with Crippen LogP contribution in [0.15, 0.2) is 6.20 Å². The largest absolute Gasteiger partial charge is 0.337 e. The minimum Gasteiger partial charge on any atom is -0.337 e. The molecule has 0 saturated carbocycles. The lowest BCUT2D eigenvalue weighted by Crippen LogP contribution is -2.06. The molecule has 0 aliphatic carbocycles. The molecule has 0 amide bonds. The van der Waals surface area contributed by atoms with Crippen molar-refractivity contribution in [3.8, 4) is 0 Å². The summed E-state index contributed by atoms with van der Waals surface area (Å²) in [6.07, 6.45) is 5.58. The van der Waals surface area contributed by atoms with E-state index in [9.17, 15) is 4.21 Å². The van der Waals surface area contributed by atoms with E-state index >= 15 is 0 Å². The molecule has 0 radical (unpaired) electrons. The third-order valence-corrected chi connectivity index (χ3v) is 3.33. The zero-order valence-electron chi connectivity index (χ0n) is 8.58. The zero-order chi connectivity index (χ0) is 10.6. The van der Waals surface area contributed by atoms with Crippen molar-refractivity contribution in [1.82, 2.24) is 9.55 Å². The highest BCUT2D eigenvalue weighted by Crippen LogP contribution is 2.04. The van der Waals surface area contributed by atoms with Crippen molar-refractivity contribution < 1.29 is 4.21 Å². The molecule has 0 fully saturated rings. The first-order valence-corrected chi connectivity index (χ1v) is 6.85. The standard InChI is InChI=1S/C9H16N2OS2/c1-3-8-7-10-9(13)11(8)5-4-6-14(2)12/h7H,3-6H2,1-2H3,(H,10,13). The lowest BCUT2D eigenvalue weighted by atomic mass is 10.3. The third-order valence-electron chi connectivity index (χ3n) is 2.13. The van der Waals surface area contributed by atoms with Gasteiger partial charge < -0.3 is 9.55 Å². The minimum absolute atomic E-state index is 0.700. The minimum atomic E-state index is -0.700. The molecule has 0 saturated heterocycles. The Balaban J connectivity index is 2.61. The molecule has 3 nitrogen and oxygen atoms in total. The number of aromatic amines is 1. The molecule has 0 aliphatic rings. The predicted octanol–water partition coefficient (Wildman–Crippen LogP) is 1.88. The number of rotatable bonds is 5. The van der Waals surface area contributed by atoms with Crippen LogP contribution >= 0.6 is 12.2 Å². The summed E-state index contributed by atoms with van der Waals surface area (Å²) in [6, 6.07) is 0. The van der Waals surface area contributed by atoms with E-state index in [2.05, 4.69) is 16.5 Å². The van der Waals surface area contributed by atoms with Crippen molar-refractivity contribution in [3.05, 3.63) is 16.7 Å². The van der Waals surface area contributed by atoms with E-state index in [0.29, 0.717) is 0 Å². The molecule has 1 aromatic rings. The Morgan fingerprint density at radius 3 is 2.93 bits per heavy atom. The summed E-state index contributed by atoms with van der Waals surface area (Å²) in [5, 5.41) is 0. The maximum absolute atomic E-state index is 10.9. The van der Waals surface area contributed by atoms with Crippen molar-refractivity contribution in [1.29, 1.82) is 0 Å². The molecule has 1 aromatic heterocycles. The van der Waals surface area contributed by atoms with E-state index in [4.69, 9.17) is 12.2 Å². The van der Waals surface area contributed by atoms with Crippen molar-refractivity contribution in [2.24, 2.45) is 0 Å². The maximum atomic E-state index is 10.9. The Morgan fingerprint density at radius 1 is 1.64 bits per heavy atom. The molecule has 5 heteroatoms. The summed E-state index contributed by atoms with van der Waals surface area (Å²) in [4.78, 5) is 3.03. The zero-order valence-corrected chi connectivity index (χ0v) is 10.2. The number of nitrogens with one attached hydrogen (secondary N) is 1. The first-order chi connectivity index (χ1) is 6.65. The Hall–Kier alpha value is -0.420. The van der Waals surface area contributed by atoms with Gasteiger partial charge in [0.05, 0.1) is 0 Å². The van der Waals surface area contributed by atoms with Crippen molar-refractivity contribution >= 4 is 23.0 Å². The summed E-state index contributed by atoms with van der Waals surface area (Å²) in [6.45, 7) is 2.97. The summed E-state index contributed by atoms with van der Waals surface area (Å²) in [7, 11) is -0.700. The van der Waals surface area contributed by atoms with Crippen LogP contribution in [0.1, 0.15) is 19.0 Å². The highest BCUT2D eigenvalue weighted by molar-refractivity contribution is 7.84. The normalized spacial score (nSPS) is 13.0. The van der Waals surface area contributed by atoms with E-state index < -0.39 is 10.8 Å². The molecule has 1 unspecified atom stereocenters. The van der Waals surface area contributed by atoms with Crippen LogP contribution in [0.4, 0.5) is 0 Å². The van der Waals surface area contributed by atoms with Gasteiger partial charge in [-0.05, 0) is 25.1 Å². The number of hydrogen-bond donors (Lipinski definition) is 1. The van der Waals surface area contributed by atoms with Gasteiger partial charge in [-0.25, -0.2) is 0 Å². The fourth-order valence-electron chi connectivity index (χ4n) is 1.40. The van der Waals surface area contributed by atoms with Crippen LogP contribution in [0, 0.1) is 4.77 Å². The van der Waals surface area contributed by atoms with Gasteiger partial charge in [0, 0.05) is 41.2 Å². The maximum Gasteiger partial charge on any atom is 0.177 e. The molecular weight excluding hydrogens is 216 g/mol. The van der Waals surface area contributed by atoms with Crippen LogP contribution in [-0.4, -0.2) is 25.8 Å². The summed E-state index contributed by atoms with van der Waals surface area (Å²) in [5.41, 5.74) is 1.22. The topological polar surface area (TPSA) is 37.8 Å². The smallest absolute Gasteiger partial charge is 0.177 e.